The number of aliphatic hydroxyl groups excluding tert-OH is 2. The van der Waals surface area contributed by atoms with Gasteiger partial charge >= 0.3 is 6.09 Å². The van der Waals surface area contributed by atoms with Gasteiger partial charge in [-0.05, 0) is 34.4 Å². The SMILES string of the molecule is N#Cc1cc(F)ccc1C(O)C(O)CNC(=O)OCC1c2ccccc2-c2ccccc21. The van der Waals surface area contributed by atoms with Crippen LogP contribution >= 0.6 is 0 Å². The van der Waals surface area contributed by atoms with E-state index in [1.807, 2.05) is 48.5 Å². The average Bonchev–Trinajstić information content (AvgIpc) is 3.14. The molecular formula is C25H21FN2O4. The van der Waals surface area contributed by atoms with Crippen molar-refractivity contribution in [3.05, 3.63) is 94.8 Å². The van der Waals surface area contributed by atoms with Crippen molar-refractivity contribution < 1.29 is 24.1 Å². The van der Waals surface area contributed by atoms with Gasteiger partial charge in [-0.3, -0.25) is 0 Å². The first-order chi connectivity index (χ1) is 15.5. The molecule has 4 rings (SSSR count). The van der Waals surface area contributed by atoms with Crippen LogP contribution in [0.15, 0.2) is 66.7 Å². The highest BCUT2D eigenvalue weighted by molar-refractivity contribution is 5.79. The molecule has 1 amide bonds. The first-order valence-corrected chi connectivity index (χ1v) is 10.1. The van der Waals surface area contributed by atoms with Gasteiger partial charge in [0.2, 0.25) is 0 Å². The number of ether oxygens (including phenoxy) is 1. The Balaban J connectivity index is 1.36. The molecule has 0 aliphatic heterocycles. The summed E-state index contributed by atoms with van der Waals surface area (Å²) in [4.78, 5) is 12.2. The first-order valence-electron chi connectivity index (χ1n) is 10.1. The smallest absolute Gasteiger partial charge is 0.407 e. The molecule has 1 aliphatic rings. The van der Waals surface area contributed by atoms with Crippen LogP contribution in [0, 0.1) is 17.1 Å². The Hall–Kier alpha value is -3.73. The number of halogens is 1. The highest BCUT2D eigenvalue weighted by Crippen LogP contribution is 2.44. The standard InChI is InChI=1S/C25H21FN2O4/c26-16-9-10-17(15(11-16)12-27)24(30)23(29)13-28-25(31)32-14-22-20-7-3-1-5-18(20)19-6-2-4-8-21(19)22/h1-11,22-24,29-30H,13-14H2,(H,28,31). The zero-order valence-corrected chi connectivity index (χ0v) is 17.0. The summed E-state index contributed by atoms with van der Waals surface area (Å²) in [6.07, 6.45) is -3.62. The molecule has 0 radical (unpaired) electrons. The summed E-state index contributed by atoms with van der Waals surface area (Å²) < 4.78 is 18.7. The van der Waals surface area contributed by atoms with Gasteiger partial charge < -0.3 is 20.3 Å². The molecule has 6 nitrogen and oxygen atoms in total. The second-order valence-corrected chi connectivity index (χ2v) is 7.56. The number of carbonyl (C=O) groups is 1. The molecule has 0 spiro atoms. The maximum absolute atomic E-state index is 13.3. The Kier molecular flexibility index (Phi) is 6.17. The summed E-state index contributed by atoms with van der Waals surface area (Å²) in [5, 5.41) is 32.1. The van der Waals surface area contributed by atoms with Crippen LogP contribution in [-0.4, -0.2) is 35.6 Å². The number of nitrogens with one attached hydrogen (secondary N) is 1. The van der Waals surface area contributed by atoms with Crippen LogP contribution in [-0.2, 0) is 4.74 Å². The van der Waals surface area contributed by atoms with Crippen LogP contribution < -0.4 is 5.32 Å². The third kappa shape index (κ3) is 4.19. The van der Waals surface area contributed by atoms with E-state index in [9.17, 15) is 19.4 Å². The van der Waals surface area contributed by atoms with Gasteiger partial charge in [0.25, 0.3) is 0 Å². The van der Waals surface area contributed by atoms with Crippen LogP contribution in [0.3, 0.4) is 0 Å². The number of nitriles is 1. The van der Waals surface area contributed by atoms with E-state index in [1.165, 1.54) is 6.07 Å². The van der Waals surface area contributed by atoms with Crippen molar-refractivity contribution >= 4 is 6.09 Å². The molecule has 32 heavy (non-hydrogen) atoms. The number of alkyl carbamates (subject to hydrolysis) is 1. The molecule has 0 saturated heterocycles. The van der Waals surface area contributed by atoms with E-state index in [0.717, 1.165) is 34.4 Å². The quantitative estimate of drug-likeness (QED) is 0.552. The van der Waals surface area contributed by atoms with E-state index >= 15 is 0 Å². The van der Waals surface area contributed by atoms with Gasteiger partial charge in [0.15, 0.2) is 0 Å². The van der Waals surface area contributed by atoms with E-state index in [0.29, 0.717) is 0 Å². The highest BCUT2D eigenvalue weighted by atomic mass is 19.1. The van der Waals surface area contributed by atoms with Crippen molar-refractivity contribution in [1.82, 2.24) is 5.32 Å². The fourth-order valence-electron chi connectivity index (χ4n) is 4.04. The third-order valence-electron chi connectivity index (χ3n) is 5.62. The monoisotopic (exact) mass is 432 g/mol. The summed E-state index contributed by atoms with van der Waals surface area (Å²) in [5.74, 6) is -0.718. The maximum Gasteiger partial charge on any atom is 0.407 e. The normalized spacial score (nSPS) is 14.1. The first kappa shape index (κ1) is 21.5. The van der Waals surface area contributed by atoms with E-state index in [4.69, 9.17) is 10.00 Å². The number of hydrogen-bond donors (Lipinski definition) is 3. The lowest BCUT2D eigenvalue weighted by Gasteiger charge is -2.20. The number of rotatable bonds is 6. The fourth-order valence-corrected chi connectivity index (χ4v) is 4.04. The molecule has 2 atom stereocenters. The van der Waals surface area contributed by atoms with Crippen molar-refractivity contribution in [2.75, 3.05) is 13.2 Å². The lowest BCUT2D eigenvalue weighted by atomic mass is 9.98. The van der Waals surface area contributed by atoms with Gasteiger partial charge in [0, 0.05) is 18.0 Å². The average molecular weight is 432 g/mol. The van der Waals surface area contributed by atoms with Crippen LogP contribution in [0.5, 0.6) is 0 Å². The number of hydrogen-bond acceptors (Lipinski definition) is 5. The van der Waals surface area contributed by atoms with E-state index in [1.54, 1.807) is 6.07 Å². The molecule has 3 aromatic carbocycles. The second kappa shape index (κ2) is 9.18. The maximum atomic E-state index is 13.3. The Morgan fingerprint density at radius 3 is 2.31 bits per heavy atom. The highest BCUT2D eigenvalue weighted by Gasteiger charge is 2.29. The number of carbonyl (C=O) groups excluding carboxylic acids is 1. The lowest BCUT2D eigenvalue weighted by Crippen LogP contribution is -2.36. The third-order valence-corrected chi connectivity index (χ3v) is 5.62. The van der Waals surface area contributed by atoms with Gasteiger partial charge in [0.1, 0.15) is 24.6 Å². The summed E-state index contributed by atoms with van der Waals surface area (Å²) in [5.41, 5.74) is 4.38. The predicted octanol–water partition coefficient (Wildman–Crippen LogP) is 3.63. The van der Waals surface area contributed by atoms with Crippen LogP contribution in [0.1, 0.15) is 34.3 Å². The molecule has 2 unspecified atom stereocenters. The Bertz CT molecular complexity index is 1150. The minimum absolute atomic E-state index is 0.0794. The molecule has 0 heterocycles. The number of fused-ring (bicyclic) bond motifs is 3. The molecule has 0 bridgehead atoms. The number of benzene rings is 3. The molecule has 3 aromatic rings. The summed E-state index contributed by atoms with van der Waals surface area (Å²) in [6, 6.07) is 21.0. The van der Waals surface area contributed by atoms with Gasteiger partial charge in [-0.15, -0.1) is 0 Å². The zero-order valence-electron chi connectivity index (χ0n) is 17.0. The topological polar surface area (TPSA) is 103 Å². The van der Waals surface area contributed by atoms with Crippen LogP contribution in [0.2, 0.25) is 0 Å². The minimum atomic E-state index is -1.47. The molecule has 0 saturated carbocycles. The van der Waals surface area contributed by atoms with Crippen molar-refractivity contribution in [1.29, 1.82) is 5.26 Å². The van der Waals surface area contributed by atoms with Gasteiger partial charge in [-0.1, -0.05) is 54.6 Å². The van der Waals surface area contributed by atoms with Crippen molar-refractivity contribution in [2.24, 2.45) is 0 Å². The molecular weight excluding hydrogens is 411 g/mol. The Labute approximate surface area is 184 Å². The lowest BCUT2D eigenvalue weighted by molar-refractivity contribution is 0.0183. The largest absolute Gasteiger partial charge is 0.449 e. The number of nitrogens with zero attached hydrogens (tertiary/aromatic N) is 1. The molecule has 3 N–H and O–H groups in total. The predicted molar refractivity (Wildman–Crippen MR) is 115 cm³/mol. The molecule has 0 aromatic heterocycles. The van der Waals surface area contributed by atoms with Crippen LogP contribution in [0.25, 0.3) is 11.1 Å². The minimum Gasteiger partial charge on any atom is -0.449 e. The van der Waals surface area contributed by atoms with Crippen molar-refractivity contribution in [3.8, 4) is 17.2 Å². The number of amides is 1. The summed E-state index contributed by atoms with van der Waals surface area (Å²) in [6.45, 7) is -0.185. The Morgan fingerprint density at radius 2 is 1.69 bits per heavy atom. The fraction of sp³-hybridized carbons (Fsp3) is 0.200. The van der Waals surface area contributed by atoms with Gasteiger partial charge in [-0.25, -0.2) is 9.18 Å². The van der Waals surface area contributed by atoms with Crippen LogP contribution in [0.4, 0.5) is 9.18 Å². The molecule has 1 aliphatic carbocycles. The van der Waals surface area contributed by atoms with Crippen molar-refractivity contribution in [3.63, 3.8) is 0 Å². The van der Waals surface area contributed by atoms with E-state index in [2.05, 4.69) is 5.32 Å². The van der Waals surface area contributed by atoms with E-state index < -0.39 is 24.1 Å². The van der Waals surface area contributed by atoms with Gasteiger partial charge in [-0.2, -0.15) is 5.26 Å². The van der Waals surface area contributed by atoms with Gasteiger partial charge in [0.05, 0.1) is 11.6 Å². The summed E-state index contributed by atoms with van der Waals surface area (Å²) in [7, 11) is 0. The van der Waals surface area contributed by atoms with Crippen molar-refractivity contribution in [2.45, 2.75) is 18.1 Å². The Morgan fingerprint density at radius 1 is 1.06 bits per heavy atom. The summed E-state index contributed by atoms with van der Waals surface area (Å²) >= 11 is 0. The molecule has 0 fully saturated rings. The molecule has 7 heteroatoms. The van der Waals surface area contributed by atoms with E-state index in [-0.39, 0.29) is 30.2 Å². The molecule has 162 valence electrons. The zero-order chi connectivity index (χ0) is 22.7. The second-order valence-electron chi connectivity index (χ2n) is 7.56. The number of aliphatic hydroxyl groups is 2.